The first-order valence-corrected chi connectivity index (χ1v) is 9.43. The minimum atomic E-state index is -1.91. The van der Waals surface area contributed by atoms with Crippen LogP contribution < -0.4 is 5.30 Å². The van der Waals surface area contributed by atoms with E-state index in [2.05, 4.69) is 16.8 Å². The van der Waals surface area contributed by atoms with Gasteiger partial charge in [0.05, 0.1) is 4.92 Å². The van der Waals surface area contributed by atoms with Crippen LogP contribution in [0.25, 0.3) is 0 Å². The molecule has 110 valence electrons. The molecule has 0 aromatic heterocycles. The summed E-state index contributed by atoms with van der Waals surface area (Å²) in [5, 5.41) is 11.9. The molecule has 0 saturated carbocycles. The van der Waals surface area contributed by atoms with Gasteiger partial charge in [0.1, 0.15) is 0 Å². The number of nitro benzene ring substituents is 1. The quantitative estimate of drug-likeness (QED) is 0.481. The van der Waals surface area contributed by atoms with Crippen molar-refractivity contribution in [2.45, 2.75) is 6.16 Å². The molecule has 0 N–H and O–H groups in total. The summed E-state index contributed by atoms with van der Waals surface area (Å²) in [6.45, 7) is 0. The summed E-state index contributed by atoms with van der Waals surface area (Å²) < 4.78 is 2.11. The highest BCUT2D eigenvalue weighted by molar-refractivity contribution is 8.16. The van der Waals surface area contributed by atoms with Gasteiger partial charge < -0.3 is 0 Å². The largest absolute Gasteiger partial charge is 0.277 e. The van der Waals surface area contributed by atoms with Crippen LogP contribution in [0, 0.1) is 10.1 Å². The zero-order chi connectivity index (χ0) is 15.5. The van der Waals surface area contributed by atoms with Gasteiger partial charge >= 0.3 is 0 Å². The first-order valence-electron chi connectivity index (χ1n) is 6.49. The van der Waals surface area contributed by atoms with Gasteiger partial charge in [-0.25, -0.2) is 0 Å². The SMILES string of the molecule is CN(C)P(=S)(Cc1ccc([N+](=O)[O-])cc1)c1ccccc1. The maximum Gasteiger partial charge on any atom is 0.269 e. The molecule has 0 aliphatic rings. The second kappa shape index (κ2) is 6.48. The van der Waals surface area contributed by atoms with Crippen LogP contribution in [0.15, 0.2) is 54.6 Å². The molecule has 6 heteroatoms. The van der Waals surface area contributed by atoms with E-state index in [0.29, 0.717) is 0 Å². The Morgan fingerprint density at radius 1 is 1.10 bits per heavy atom. The molecule has 0 aliphatic heterocycles. The third kappa shape index (κ3) is 3.56. The fourth-order valence-electron chi connectivity index (χ4n) is 2.10. The van der Waals surface area contributed by atoms with Gasteiger partial charge in [-0.05, 0) is 25.0 Å². The van der Waals surface area contributed by atoms with Gasteiger partial charge in [-0.15, -0.1) is 0 Å². The maximum atomic E-state index is 10.7. The Kier molecular flexibility index (Phi) is 4.88. The Labute approximate surface area is 129 Å². The van der Waals surface area contributed by atoms with Gasteiger partial charge in [0.25, 0.3) is 5.69 Å². The first kappa shape index (κ1) is 15.8. The summed E-state index contributed by atoms with van der Waals surface area (Å²) in [5.74, 6) is 0. The number of benzene rings is 2. The highest BCUT2D eigenvalue weighted by Gasteiger charge is 2.23. The Morgan fingerprint density at radius 3 is 2.14 bits per heavy atom. The third-order valence-electron chi connectivity index (χ3n) is 3.35. The van der Waals surface area contributed by atoms with E-state index in [9.17, 15) is 10.1 Å². The van der Waals surface area contributed by atoms with E-state index in [0.717, 1.165) is 17.0 Å². The van der Waals surface area contributed by atoms with Crippen LogP contribution in [0.5, 0.6) is 0 Å². The zero-order valence-electron chi connectivity index (χ0n) is 12.0. The molecule has 0 saturated heterocycles. The lowest BCUT2D eigenvalue weighted by atomic mass is 10.2. The Morgan fingerprint density at radius 2 is 1.67 bits per heavy atom. The van der Waals surface area contributed by atoms with E-state index in [-0.39, 0.29) is 10.6 Å². The zero-order valence-corrected chi connectivity index (χ0v) is 13.7. The summed E-state index contributed by atoms with van der Waals surface area (Å²) in [6, 6.07) is 16.8. The Hall–Kier alpha value is -1.55. The molecular weight excluding hydrogens is 303 g/mol. The molecule has 2 aromatic rings. The van der Waals surface area contributed by atoms with Crippen LogP contribution in [-0.4, -0.2) is 23.7 Å². The van der Waals surface area contributed by atoms with Gasteiger partial charge in [0.2, 0.25) is 0 Å². The standard InChI is InChI=1S/C15H17N2O2PS/c1-16(2)20(21,15-6-4-3-5-7-15)12-13-8-10-14(11-9-13)17(18)19/h3-11H,12H2,1-2H3. The van der Waals surface area contributed by atoms with Crippen molar-refractivity contribution in [1.82, 2.24) is 4.67 Å². The fourth-order valence-corrected chi connectivity index (χ4v) is 5.18. The number of non-ortho nitro benzene ring substituents is 1. The molecule has 0 bridgehead atoms. The molecule has 0 heterocycles. The number of hydrogen-bond donors (Lipinski definition) is 0. The summed E-state index contributed by atoms with van der Waals surface area (Å²) >= 11 is 5.96. The molecule has 0 radical (unpaired) electrons. The molecule has 0 amide bonds. The average molecular weight is 320 g/mol. The van der Waals surface area contributed by atoms with Crippen molar-refractivity contribution in [3.05, 3.63) is 70.3 Å². The van der Waals surface area contributed by atoms with Crippen LogP contribution in [0.4, 0.5) is 5.69 Å². The highest BCUT2D eigenvalue weighted by Crippen LogP contribution is 2.50. The van der Waals surface area contributed by atoms with Crippen LogP contribution in [0.2, 0.25) is 0 Å². The van der Waals surface area contributed by atoms with E-state index in [4.69, 9.17) is 11.8 Å². The highest BCUT2D eigenvalue weighted by atomic mass is 32.4. The maximum absolute atomic E-state index is 10.7. The average Bonchev–Trinajstić information content (AvgIpc) is 2.48. The minimum absolute atomic E-state index is 0.108. The molecule has 0 spiro atoms. The number of nitrogens with zero attached hydrogens (tertiary/aromatic N) is 2. The van der Waals surface area contributed by atoms with E-state index < -0.39 is 6.19 Å². The van der Waals surface area contributed by atoms with Gasteiger partial charge in [-0.2, -0.15) is 0 Å². The van der Waals surface area contributed by atoms with Crippen molar-refractivity contribution >= 4 is 29.0 Å². The Bertz CT molecular complexity index is 672. The predicted molar refractivity (Wildman–Crippen MR) is 90.8 cm³/mol. The molecule has 1 unspecified atom stereocenters. The van der Waals surface area contributed by atoms with Gasteiger partial charge in [-0.3, -0.25) is 14.8 Å². The lowest BCUT2D eigenvalue weighted by Crippen LogP contribution is -2.19. The van der Waals surface area contributed by atoms with Crippen molar-refractivity contribution in [1.29, 1.82) is 0 Å². The summed E-state index contributed by atoms with van der Waals surface area (Å²) in [5.41, 5.74) is 1.14. The summed E-state index contributed by atoms with van der Waals surface area (Å²) in [6.07, 6.45) is -1.19. The van der Waals surface area contributed by atoms with Crippen molar-refractivity contribution < 1.29 is 4.92 Å². The number of rotatable bonds is 5. The number of hydrogen-bond acceptors (Lipinski definition) is 3. The smallest absolute Gasteiger partial charge is 0.269 e. The monoisotopic (exact) mass is 320 g/mol. The molecule has 2 aromatic carbocycles. The van der Waals surface area contributed by atoms with Gasteiger partial charge in [0, 0.05) is 24.5 Å². The molecule has 0 fully saturated rings. The topological polar surface area (TPSA) is 46.4 Å². The van der Waals surface area contributed by atoms with Crippen LogP contribution in [-0.2, 0) is 18.0 Å². The second-order valence-corrected chi connectivity index (χ2v) is 9.81. The van der Waals surface area contributed by atoms with Crippen LogP contribution in [0.1, 0.15) is 5.56 Å². The summed E-state index contributed by atoms with van der Waals surface area (Å²) in [4.78, 5) is 10.3. The minimum Gasteiger partial charge on any atom is -0.277 e. The number of nitro groups is 1. The predicted octanol–water partition coefficient (Wildman–Crippen LogP) is 3.38. The Balaban J connectivity index is 2.33. The van der Waals surface area contributed by atoms with E-state index in [1.807, 2.05) is 32.3 Å². The molecule has 1 atom stereocenters. The lowest BCUT2D eigenvalue weighted by Gasteiger charge is -2.29. The van der Waals surface area contributed by atoms with E-state index >= 15 is 0 Å². The summed E-state index contributed by atoms with van der Waals surface area (Å²) in [7, 11) is 4.00. The second-order valence-electron chi connectivity index (χ2n) is 4.97. The molecule has 21 heavy (non-hydrogen) atoms. The van der Waals surface area contributed by atoms with Crippen molar-refractivity contribution in [3.63, 3.8) is 0 Å². The lowest BCUT2D eigenvalue weighted by molar-refractivity contribution is -0.384. The van der Waals surface area contributed by atoms with Gasteiger partial charge in [0.15, 0.2) is 0 Å². The van der Waals surface area contributed by atoms with E-state index in [1.54, 1.807) is 12.1 Å². The fraction of sp³-hybridized carbons (Fsp3) is 0.200. The van der Waals surface area contributed by atoms with Crippen molar-refractivity contribution in [2.24, 2.45) is 0 Å². The molecule has 0 aliphatic carbocycles. The van der Waals surface area contributed by atoms with E-state index in [1.165, 1.54) is 12.1 Å². The normalized spacial score (nSPS) is 13.9. The first-order chi connectivity index (χ1) is 9.93. The van der Waals surface area contributed by atoms with Gasteiger partial charge in [-0.1, -0.05) is 54.3 Å². The van der Waals surface area contributed by atoms with Crippen LogP contribution in [0.3, 0.4) is 0 Å². The van der Waals surface area contributed by atoms with Crippen molar-refractivity contribution in [3.8, 4) is 0 Å². The van der Waals surface area contributed by atoms with Crippen LogP contribution >= 0.6 is 6.19 Å². The molecule has 2 rings (SSSR count). The third-order valence-corrected chi connectivity index (χ3v) is 8.54. The molecular formula is C15H17N2O2PS. The van der Waals surface area contributed by atoms with Crippen molar-refractivity contribution in [2.75, 3.05) is 14.1 Å². The molecule has 4 nitrogen and oxygen atoms in total.